The van der Waals surface area contributed by atoms with Crippen molar-refractivity contribution in [3.63, 3.8) is 0 Å². The molecule has 1 aromatic carbocycles. The summed E-state index contributed by atoms with van der Waals surface area (Å²) in [6.45, 7) is 0.690. The third-order valence-electron chi connectivity index (χ3n) is 9.11. The van der Waals surface area contributed by atoms with Crippen molar-refractivity contribution in [1.29, 1.82) is 5.26 Å². The summed E-state index contributed by atoms with van der Waals surface area (Å²) >= 11 is 0. The fraction of sp³-hybridized carbons (Fsp3) is 0.538. The third-order valence-corrected chi connectivity index (χ3v) is 9.11. The Hall–Kier alpha value is -3.55. The van der Waals surface area contributed by atoms with Crippen LogP contribution in [0.3, 0.4) is 0 Å². The van der Waals surface area contributed by atoms with Crippen molar-refractivity contribution in [1.82, 2.24) is 15.3 Å². The van der Waals surface area contributed by atoms with Crippen molar-refractivity contribution in [2.75, 3.05) is 17.2 Å². The molecule has 4 aliphatic rings. The zero-order valence-electron chi connectivity index (χ0n) is 20.0. The maximum Gasteiger partial charge on any atom is 0.573 e. The van der Waals surface area contributed by atoms with Crippen LogP contribution < -0.4 is 20.7 Å². The van der Waals surface area contributed by atoms with Crippen molar-refractivity contribution in [2.24, 2.45) is 28.6 Å². The summed E-state index contributed by atoms with van der Waals surface area (Å²) in [5.74, 6) is 2.06. The van der Waals surface area contributed by atoms with Crippen LogP contribution in [-0.2, 0) is 11.3 Å². The monoisotopic (exact) mass is 512 g/mol. The van der Waals surface area contributed by atoms with E-state index >= 15 is 0 Å². The Morgan fingerprint density at radius 3 is 2.81 bits per heavy atom. The van der Waals surface area contributed by atoms with Gasteiger partial charge in [-0.1, -0.05) is 18.2 Å². The SMILES string of the molecule is N#Cc1cnc(NCc2ccccc2OC(F)(F)F)nc1NCC12CC3CC4C(NC=O)C(C1)C4(C3)C2. The number of para-hydroxylation sites is 1. The van der Waals surface area contributed by atoms with E-state index in [1.165, 1.54) is 37.2 Å². The summed E-state index contributed by atoms with van der Waals surface area (Å²) in [5, 5.41) is 19.0. The van der Waals surface area contributed by atoms with Gasteiger partial charge in [0.25, 0.3) is 0 Å². The summed E-state index contributed by atoms with van der Waals surface area (Å²) in [5.41, 5.74) is 1.04. The highest BCUT2D eigenvalue weighted by Gasteiger charge is 2.74. The number of hydrogen-bond donors (Lipinski definition) is 3. The predicted molar refractivity (Wildman–Crippen MR) is 127 cm³/mol. The van der Waals surface area contributed by atoms with Gasteiger partial charge in [-0.05, 0) is 66.8 Å². The van der Waals surface area contributed by atoms with E-state index in [1.54, 1.807) is 6.07 Å². The number of aromatic nitrogens is 2. The van der Waals surface area contributed by atoms with Crippen LogP contribution in [0.4, 0.5) is 24.9 Å². The largest absolute Gasteiger partial charge is 0.573 e. The molecular formula is C26H27F3N6O2. The highest BCUT2D eigenvalue weighted by atomic mass is 19.4. The fourth-order valence-electron chi connectivity index (χ4n) is 8.16. The average molecular weight is 513 g/mol. The summed E-state index contributed by atoms with van der Waals surface area (Å²) in [4.78, 5) is 19.8. The lowest BCUT2D eigenvalue weighted by Crippen LogP contribution is -2.60. The smallest absolute Gasteiger partial charge is 0.405 e. The van der Waals surface area contributed by atoms with Crippen molar-refractivity contribution in [2.45, 2.75) is 51.1 Å². The lowest BCUT2D eigenvalue weighted by Gasteiger charge is -2.55. The minimum Gasteiger partial charge on any atom is -0.405 e. The van der Waals surface area contributed by atoms with E-state index in [0.29, 0.717) is 46.7 Å². The van der Waals surface area contributed by atoms with Crippen molar-refractivity contribution in [3.8, 4) is 11.8 Å². The number of halogens is 3. The zero-order chi connectivity index (χ0) is 25.8. The minimum atomic E-state index is -4.79. The third kappa shape index (κ3) is 4.03. The molecule has 4 aliphatic carbocycles. The quantitative estimate of drug-likeness (QED) is 0.432. The Balaban J connectivity index is 1.16. The summed E-state index contributed by atoms with van der Waals surface area (Å²) in [6, 6.07) is 8.27. The maximum absolute atomic E-state index is 12.7. The van der Waals surface area contributed by atoms with Crippen LogP contribution in [-0.4, -0.2) is 35.3 Å². The number of nitriles is 1. The number of amides is 1. The molecule has 0 saturated heterocycles. The molecule has 6 unspecified atom stereocenters. The number of anilines is 2. The highest BCUT2D eigenvalue weighted by Crippen LogP contribution is 2.78. The first-order valence-electron chi connectivity index (χ1n) is 12.5. The lowest BCUT2D eigenvalue weighted by molar-refractivity contribution is -0.274. The molecule has 1 spiro atoms. The number of rotatable bonds is 9. The van der Waals surface area contributed by atoms with E-state index in [1.807, 2.05) is 0 Å². The molecule has 37 heavy (non-hydrogen) atoms. The van der Waals surface area contributed by atoms with Crippen LogP contribution in [0.25, 0.3) is 0 Å². The van der Waals surface area contributed by atoms with Gasteiger partial charge in [-0.3, -0.25) is 4.79 Å². The maximum atomic E-state index is 12.7. The van der Waals surface area contributed by atoms with Crippen molar-refractivity contribution >= 4 is 18.2 Å². The summed E-state index contributed by atoms with van der Waals surface area (Å²) < 4.78 is 42.3. The van der Waals surface area contributed by atoms with Crippen LogP contribution in [0.2, 0.25) is 0 Å². The normalized spacial score (nSPS) is 32.7. The molecule has 1 heterocycles. The standard InChI is InChI=1S/C26H27F3N6O2/c27-26(28,29)37-20-4-2-1-3-16(20)10-31-23-32-11-17(9-30)22(35-23)33-13-24-6-15-5-18-21(34-14-36)19(8-24)25(18,7-15)12-24/h1-4,11,14-15,18-19,21H,5-8,10,12-13H2,(H,34,36)(H2,31,32,33,35). The van der Waals surface area contributed by atoms with Crippen molar-refractivity contribution in [3.05, 3.63) is 41.6 Å². The molecule has 0 radical (unpaired) electrons. The molecule has 4 saturated carbocycles. The number of nitrogens with one attached hydrogen (secondary N) is 3. The molecule has 6 rings (SSSR count). The first-order chi connectivity index (χ1) is 17.7. The second kappa shape index (κ2) is 8.50. The number of hydrogen-bond acceptors (Lipinski definition) is 7. The molecule has 2 aromatic rings. The summed E-state index contributed by atoms with van der Waals surface area (Å²) in [6.07, 6.45) is 3.20. The highest BCUT2D eigenvalue weighted by molar-refractivity contribution is 5.54. The number of benzene rings is 1. The number of carbonyl (C=O) groups excluding carboxylic acids is 1. The van der Waals surface area contributed by atoms with Gasteiger partial charge in [-0.15, -0.1) is 13.2 Å². The molecule has 3 N–H and O–H groups in total. The second-order valence-corrected chi connectivity index (χ2v) is 11.1. The van der Waals surface area contributed by atoms with Gasteiger partial charge in [0.2, 0.25) is 12.4 Å². The first kappa shape index (κ1) is 23.8. The van der Waals surface area contributed by atoms with E-state index in [-0.39, 0.29) is 29.7 Å². The van der Waals surface area contributed by atoms with Gasteiger partial charge in [-0.25, -0.2) is 4.98 Å². The van der Waals surface area contributed by atoms with Crippen LogP contribution in [0, 0.1) is 39.9 Å². The molecule has 4 fully saturated rings. The van der Waals surface area contributed by atoms with Crippen molar-refractivity contribution < 1.29 is 22.7 Å². The minimum absolute atomic E-state index is 0.0138. The Kier molecular flexibility index (Phi) is 5.47. The molecule has 1 amide bonds. The Morgan fingerprint density at radius 2 is 2.03 bits per heavy atom. The first-order valence-corrected chi connectivity index (χ1v) is 12.5. The number of fused-ring (bicyclic) bond motifs is 2. The molecule has 3 bridgehead atoms. The van der Waals surface area contributed by atoms with Gasteiger partial charge in [0.15, 0.2) is 0 Å². The topological polar surface area (TPSA) is 112 Å². The molecular weight excluding hydrogens is 485 g/mol. The average Bonchev–Trinajstić information content (AvgIpc) is 3.22. The second-order valence-electron chi connectivity index (χ2n) is 11.1. The predicted octanol–water partition coefficient (Wildman–Crippen LogP) is 4.21. The van der Waals surface area contributed by atoms with Crippen LogP contribution in [0.15, 0.2) is 30.5 Å². The summed E-state index contributed by atoms with van der Waals surface area (Å²) in [7, 11) is 0. The van der Waals surface area contributed by atoms with Gasteiger partial charge < -0.3 is 20.7 Å². The van der Waals surface area contributed by atoms with Gasteiger partial charge in [0.1, 0.15) is 23.2 Å². The number of carbonyl (C=O) groups is 1. The molecule has 194 valence electrons. The fourth-order valence-corrected chi connectivity index (χ4v) is 8.16. The Bertz CT molecular complexity index is 1270. The number of alkyl halides is 3. The van der Waals surface area contributed by atoms with E-state index in [0.717, 1.165) is 25.7 Å². The van der Waals surface area contributed by atoms with Gasteiger partial charge in [-0.2, -0.15) is 10.2 Å². The van der Waals surface area contributed by atoms with E-state index in [9.17, 15) is 23.2 Å². The van der Waals surface area contributed by atoms with Gasteiger partial charge in [0.05, 0.1) is 6.20 Å². The van der Waals surface area contributed by atoms with E-state index < -0.39 is 6.36 Å². The Labute approximate surface area is 212 Å². The molecule has 11 heteroatoms. The molecule has 0 aliphatic heterocycles. The molecule has 1 aromatic heterocycles. The molecule has 8 nitrogen and oxygen atoms in total. The zero-order valence-corrected chi connectivity index (χ0v) is 20.0. The Morgan fingerprint density at radius 1 is 1.19 bits per heavy atom. The van der Waals surface area contributed by atoms with E-state index in [4.69, 9.17) is 0 Å². The van der Waals surface area contributed by atoms with Gasteiger partial charge in [0, 0.05) is 24.7 Å². The van der Waals surface area contributed by atoms with Crippen LogP contribution >= 0.6 is 0 Å². The van der Waals surface area contributed by atoms with Gasteiger partial charge >= 0.3 is 6.36 Å². The van der Waals surface area contributed by atoms with E-state index in [2.05, 4.69) is 36.7 Å². The lowest BCUT2D eigenvalue weighted by atomic mass is 9.52. The number of nitrogens with zero attached hydrogens (tertiary/aromatic N) is 3. The van der Waals surface area contributed by atoms with Crippen LogP contribution in [0.5, 0.6) is 5.75 Å². The number of ether oxygens (including phenoxy) is 1. The molecule has 6 atom stereocenters. The van der Waals surface area contributed by atoms with Crippen LogP contribution in [0.1, 0.15) is 43.2 Å².